The number of nitrogens with zero attached hydrogens (tertiary/aromatic N) is 5. The first-order valence-electron chi connectivity index (χ1n) is 16.3. The van der Waals surface area contributed by atoms with Crippen LogP contribution in [0.25, 0.3) is 94.1 Å². The molecule has 0 aliphatic heterocycles. The van der Waals surface area contributed by atoms with Crippen LogP contribution in [0.1, 0.15) is 17.5 Å². The van der Waals surface area contributed by atoms with Crippen LogP contribution in [-0.4, -0.2) is 24.9 Å². The van der Waals surface area contributed by atoms with Crippen LogP contribution < -0.4 is 0 Å². The van der Waals surface area contributed by atoms with Gasteiger partial charge >= 0.3 is 0 Å². The lowest BCUT2D eigenvalue weighted by Crippen LogP contribution is -2.01. The van der Waals surface area contributed by atoms with Crippen molar-refractivity contribution in [3.05, 3.63) is 145 Å². The van der Waals surface area contributed by atoms with Crippen LogP contribution in [-0.2, 0) is 6.42 Å². The Morgan fingerprint density at radius 2 is 1.29 bits per heavy atom. The summed E-state index contributed by atoms with van der Waals surface area (Å²) in [7, 11) is 0. The molecule has 1 aliphatic carbocycles. The number of benzene rings is 5. The van der Waals surface area contributed by atoms with E-state index >= 15 is 0 Å². The zero-order valence-electron chi connectivity index (χ0n) is 25.9. The summed E-state index contributed by atoms with van der Waals surface area (Å²) in [6, 6.07) is 36.0. The predicted octanol–water partition coefficient (Wildman–Crippen LogP) is 10.4. The summed E-state index contributed by atoms with van der Waals surface area (Å²) in [6.45, 7) is 0. The second-order valence-corrected chi connectivity index (χ2v) is 12.4. The Bertz CT molecular complexity index is 2780. The van der Waals surface area contributed by atoms with Crippen LogP contribution in [0.3, 0.4) is 0 Å². The SMILES string of the molecule is C1=Cc2c(c3c4ccccc4nc(-c4cccc(-c5ncc(-c6cc7cccnc7c7ncccc67)cn5)c4)c3c3ccccc23)CC1. The molecule has 0 N–H and O–H groups in total. The Balaban J connectivity index is 1.15. The number of pyridine rings is 3. The number of hydrogen-bond donors (Lipinski definition) is 0. The number of rotatable bonds is 3. The van der Waals surface area contributed by atoms with Crippen molar-refractivity contribution in [3.8, 4) is 33.8 Å². The van der Waals surface area contributed by atoms with Gasteiger partial charge in [0.05, 0.1) is 22.2 Å². The largest absolute Gasteiger partial charge is 0.254 e. The molecule has 4 heterocycles. The van der Waals surface area contributed by atoms with Crippen molar-refractivity contribution in [1.29, 1.82) is 0 Å². The lowest BCUT2D eigenvalue weighted by atomic mass is 9.84. The molecule has 0 fully saturated rings. The van der Waals surface area contributed by atoms with Crippen LogP contribution in [0.5, 0.6) is 0 Å². The monoisotopic (exact) mass is 613 g/mol. The molecular formula is C43H27N5. The van der Waals surface area contributed by atoms with Crippen molar-refractivity contribution in [2.45, 2.75) is 12.8 Å². The second-order valence-electron chi connectivity index (χ2n) is 12.4. The third-order valence-electron chi connectivity index (χ3n) is 9.67. The molecule has 0 spiro atoms. The minimum absolute atomic E-state index is 0.669. The Morgan fingerprint density at radius 1 is 0.542 bits per heavy atom. The number of fused-ring (bicyclic) bond motifs is 11. The van der Waals surface area contributed by atoms with Crippen molar-refractivity contribution in [2.75, 3.05) is 0 Å². The van der Waals surface area contributed by atoms with E-state index in [-0.39, 0.29) is 0 Å². The van der Waals surface area contributed by atoms with Crippen LogP contribution >= 0.6 is 0 Å². The first kappa shape index (κ1) is 26.8. The lowest BCUT2D eigenvalue weighted by Gasteiger charge is -2.21. The van der Waals surface area contributed by atoms with Crippen molar-refractivity contribution in [3.63, 3.8) is 0 Å². The van der Waals surface area contributed by atoms with Gasteiger partial charge < -0.3 is 0 Å². The summed E-state index contributed by atoms with van der Waals surface area (Å²) >= 11 is 0. The molecule has 224 valence electrons. The molecule has 0 saturated carbocycles. The van der Waals surface area contributed by atoms with Gasteiger partial charge in [-0.3, -0.25) is 9.97 Å². The third-order valence-corrected chi connectivity index (χ3v) is 9.67. The van der Waals surface area contributed by atoms with Crippen molar-refractivity contribution >= 4 is 60.3 Å². The van der Waals surface area contributed by atoms with Crippen molar-refractivity contribution in [2.24, 2.45) is 0 Å². The highest BCUT2D eigenvalue weighted by atomic mass is 14.9. The number of aryl methyl sites for hydroxylation is 1. The topological polar surface area (TPSA) is 64.5 Å². The van der Waals surface area contributed by atoms with Crippen LogP contribution in [0.2, 0.25) is 0 Å². The molecule has 0 bridgehead atoms. The van der Waals surface area contributed by atoms with E-state index in [1.165, 1.54) is 38.1 Å². The molecule has 48 heavy (non-hydrogen) atoms. The van der Waals surface area contributed by atoms with Gasteiger partial charge in [0.25, 0.3) is 0 Å². The van der Waals surface area contributed by atoms with E-state index in [0.717, 1.165) is 68.1 Å². The van der Waals surface area contributed by atoms with Crippen LogP contribution in [0, 0.1) is 0 Å². The number of hydrogen-bond acceptors (Lipinski definition) is 5. The Hall–Kier alpha value is -6.33. The quantitative estimate of drug-likeness (QED) is 0.186. The van der Waals surface area contributed by atoms with Crippen LogP contribution in [0.15, 0.2) is 134 Å². The highest BCUT2D eigenvalue weighted by Crippen LogP contribution is 2.44. The summed E-state index contributed by atoms with van der Waals surface area (Å²) < 4.78 is 0. The highest BCUT2D eigenvalue weighted by molar-refractivity contribution is 6.24. The summed E-state index contributed by atoms with van der Waals surface area (Å²) in [4.78, 5) is 24.4. The molecule has 4 aromatic heterocycles. The molecule has 0 saturated heterocycles. The maximum Gasteiger partial charge on any atom is 0.159 e. The van der Waals surface area contributed by atoms with Gasteiger partial charge in [-0.1, -0.05) is 84.9 Å². The Kier molecular flexibility index (Phi) is 5.93. The molecule has 0 atom stereocenters. The fraction of sp³-hybridized carbons (Fsp3) is 0.0465. The summed E-state index contributed by atoms with van der Waals surface area (Å²) in [5.41, 5.74) is 10.5. The lowest BCUT2D eigenvalue weighted by molar-refractivity contribution is 1.00. The minimum atomic E-state index is 0.669. The van der Waals surface area contributed by atoms with E-state index in [4.69, 9.17) is 15.0 Å². The summed E-state index contributed by atoms with van der Waals surface area (Å²) in [5.74, 6) is 0.669. The maximum atomic E-state index is 5.35. The van der Waals surface area contributed by atoms with Gasteiger partial charge in [0, 0.05) is 63.0 Å². The molecule has 1 aliphatic rings. The zero-order valence-corrected chi connectivity index (χ0v) is 25.9. The zero-order chi connectivity index (χ0) is 31.6. The van der Waals surface area contributed by atoms with Gasteiger partial charge in [-0.05, 0) is 76.0 Å². The van der Waals surface area contributed by atoms with Gasteiger partial charge in [0.2, 0.25) is 0 Å². The first-order chi connectivity index (χ1) is 23.8. The molecule has 0 unspecified atom stereocenters. The molecule has 10 rings (SSSR count). The fourth-order valence-corrected chi connectivity index (χ4v) is 7.55. The highest BCUT2D eigenvalue weighted by Gasteiger charge is 2.21. The standard InChI is InChI=1S/C43H27N5/c1-3-15-32-30(13-1)31-14-2-4-16-33(31)39-38(32)35-17-5-6-19-37(35)48-40(39)26-10-7-11-28(22-26)43-46-24-29(25-47-43)36-23-27-12-8-20-44-41(27)42-34(36)18-9-21-45-42/h1-2,4-14,16-25H,3,15H2. The van der Waals surface area contributed by atoms with Gasteiger partial charge in [0.15, 0.2) is 5.82 Å². The Labute approximate surface area is 276 Å². The third kappa shape index (κ3) is 4.07. The molecule has 0 radical (unpaired) electrons. The van der Waals surface area contributed by atoms with Gasteiger partial charge in [-0.2, -0.15) is 0 Å². The number of para-hydroxylation sites is 1. The Morgan fingerprint density at radius 3 is 2.19 bits per heavy atom. The van der Waals surface area contributed by atoms with Crippen molar-refractivity contribution < 1.29 is 0 Å². The average Bonchev–Trinajstić information content (AvgIpc) is 3.17. The smallest absolute Gasteiger partial charge is 0.159 e. The molecule has 5 aromatic carbocycles. The summed E-state index contributed by atoms with van der Waals surface area (Å²) in [6.07, 6.45) is 14.1. The first-order valence-corrected chi connectivity index (χ1v) is 16.3. The molecule has 5 heteroatoms. The molecule has 0 amide bonds. The van der Waals surface area contributed by atoms with Gasteiger partial charge in [-0.15, -0.1) is 0 Å². The van der Waals surface area contributed by atoms with E-state index < -0.39 is 0 Å². The van der Waals surface area contributed by atoms with E-state index in [2.05, 4.69) is 113 Å². The normalized spacial score (nSPS) is 12.8. The van der Waals surface area contributed by atoms with Crippen LogP contribution in [0.4, 0.5) is 0 Å². The molecule has 5 nitrogen and oxygen atoms in total. The van der Waals surface area contributed by atoms with E-state index in [1.54, 1.807) is 0 Å². The van der Waals surface area contributed by atoms with Crippen molar-refractivity contribution in [1.82, 2.24) is 24.9 Å². The predicted molar refractivity (Wildman–Crippen MR) is 197 cm³/mol. The van der Waals surface area contributed by atoms with Gasteiger partial charge in [0.1, 0.15) is 0 Å². The van der Waals surface area contributed by atoms with E-state index in [1.807, 2.05) is 36.9 Å². The minimum Gasteiger partial charge on any atom is -0.254 e. The van der Waals surface area contributed by atoms with E-state index in [0.29, 0.717) is 5.82 Å². The second kappa shape index (κ2) is 10.6. The fourth-order valence-electron chi connectivity index (χ4n) is 7.55. The summed E-state index contributed by atoms with van der Waals surface area (Å²) in [5, 5.41) is 8.29. The van der Waals surface area contributed by atoms with E-state index in [9.17, 15) is 0 Å². The van der Waals surface area contributed by atoms with Gasteiger partial charge in [-0.25, -0.2) is 15.0 Å². The maximum absolute atomic E-state index is 5.35. The number of aromatic nitrogens is 5. The number of allylic oxidation sites excluding steroid dienone is 1. The molecule has 9 aromatic rings. The average molecular weight is 614 g/mol. The molecular weight excluding hydrogens is 587 g/mol.